The van der Waals surface area contributed by atoms with Crippen LogP contribution in [0, 0.1) is 11.7 Å². The molecule has 37 heavy (non-hydrogen) atoms. The van der Waals surface area contributed by atoms with E-state index < -0.39 is 5.82 Å². The first-order valence-corrected chi connectivity index (χ1v) is 13.0. The van der Waals surface area contributed by atoms with Crippen LogP contribution in [0.3, 0.4) is 0 Å². The lowest BCUT2D eigenvalue weighted by Crippen LogP contribution is -2.47. The molecule has 2 aromatic carbocycles. The van der Waals surface area contributed by atoms with Gasteiger partial charge in [0, 0.05) is 24.0 Å². The largest absolute Gasteiger partial charge is 0.493 e. The quantitative estimate of drug-likeness (QED) is 0.442. The maximum absolute atomic E-state index is 14.5. The number of likely N-dealkylation sites (tertiary alicyclic amines) is 1. The first-order chi connectivity index (χ1) is 17.9. The van der Waals surface area contributed by atoms with E-state index in [4.69, 9.17) is 26.8 Å². The zero-order chi connectivity index (χ0) is 25.9. The van der Waals surface area contributed by atoms with Gasteiger partial charge in [-0.1, -0.05) is 17.7 Å². The molecule has 2 heterocycles. The highest BCUT2D eigenvalue weighted by molar-refractivity contribution is 6.31. The van der Waals surface area contributed by atoms with Crippen molar-refractivity contribution in [2.24, 2.45) is 11.7 Å². The third kappa shape index (κ3) is 5.57. The Morgan fingerprint density at radius 2 is 1.97 bits per heavy atom. The van der Waals surface area contributed by atoms with Crippen LogP contribution in [0.2, 0.25) is 5.02 Å². The molecule has 1 aromatic heterocycles. The minimum atomic E-state index is -0.548. The molecule has 1 saturated heterocycles. The summed E-state index contributed by atoms with van der Waals surface area (Å²) in [6.07, 6.45) is 7.13. The molecule has 1 aliphatic heterocycles. The molecular weight excluding hydrogens is 497 g/mol. The van der Waals surface area contributed by atoms with Crippen LogP contribution in [0.4, 0.5) is 15.9 Å². The molecule has 0 unspecified atom stereocenters. The number of carbonyl (C=O) groups excluding carboxylic acids is 1. The number of hydrogen-bond acceptors (Lipinski definition) is 7. The third-order valence-electron chi connectivity index (χ3n) is 7.43. The van der Waals surface area contributed by atoms with Gasteiger partial charge in [-0.25, -0.2) is 14.4 Å². The van der Waals surface area contributed by atoms with Crippen molar-refractivity contribution < 1.29 is 18.7 Å². The lowest BCUT2D eigenvalue weighted by Gasteiger charge is -2.40. The summed E-state index contributed by atoms with van der Waals surface area (Å²) >= 11 is 5.94. The molecular formula is C27H31ClFN5O3. The van der Waals surface area contributed by atoms with Crippen molar-refractivity contribution in [1.82, 2.24) is 14.9 Å². The molecule has 1 atom stereocenters. The zero-order valence-electron chi connectivity index (χ0n) is 20.8. The van der Waals surface area contributed by atoms with Gasteiger partial charge < -0.3 is 20.5 Å². The Balaban J connectivity index is 1.31. The molecule has 8 nitrogen and oxygen atoms in total. The van der Waals surface area contributed by atoms with Crippen LogP contribution in [0.1, 0.15) is 38.5 Å². The number of nitrogens with two attached hydrogens (primary N) is 1. The number of aromatic nitrogens is 2. The molecule has 1 saturated carbocycles. The summed E-state index contributed by atoms with van der Waals surface area (Å²) in [5.41, 5.74) is 6.43. The van der Waals surface area contributed by atoms with Crippen molar-refractivity contribution in [2.75, 3.05) is 25.5 Å². The molecule has 2 aliphatic rings. The SMILES string of the molecule is COc1cc2ncnc(Nc3cccc(Cl)c3F)c2cc1O[C@H]1CC[C@@H](N2CCC[C@@H](C(N)=O)C2)CC1. The summed E-state index contributed by atoms with van der Waals surface area (Å²) in [6.45, 7) is 1.77. The van der Waals surface area contributed by atoms with E-state index in [-0.39, 0.29) is 28.6 Å². The van der Waals surface area contributed by atoms with Gasteiger partial charge in [-0.3, -0.25) is 9.69 Å². The van der Waals surface area contributed by atoms with Gasteiger partial charge in [-0.2, -0.15) is 0 Å². The number of benzene rings is 2. The average molecular weight is 528 g/mol. The Kier molecular flexibility index (Phi) is 7.62. The van der Waals surface area contributed by atoms with Crippen LogP contribution in [0.25, 0.3) is 10.9 Å². The second-order valence-corrected chi connectivity index (χ2v) is 10.2. The van der Waals surface area contributed by atoms with Crippen LogP contribution in [0.15, 0.2) is 36.7 Å². The van der Waals surface area contributed by atoms with Crippen molar-refractivity contribution in [1.29, 1.82) is 0 Å². The highest BCUT2D eigenvalue weighted by Gasteiger charge is 2.32. The summed E-state index contributed by atoms with van der Waals surface area (Å²) in [5, 5.41) is 3.74. The molecule has 1 aliphatic carbocycles. The molecule has 10 heteroatoms. The number of anilines is 2. The van der Waals surface area contributed by atoms with Gasteiger partial charge in [0.2, 0.25) is 5.91 Å². The maximum Gasteiger partial charge on any atom is 0.221 e. The second-order valence-electron chi connectivity index (χ2n) is 9.75. The smallest absolute Gasteiger partial charge is 0.221 e. The monoisotopic (exact) mass is 527 g/mol. The fourth-order valence-corrected chi connectivity index (χ4v) is 5.60. The zero-order valence-corrected chi connectivity index (χ0v) is 21.5. The number of ether oxygens (including phenoxy) is 2. The number of primary amides is 1. The summed E-state index contributed by atoms with van der Waals surface area (Å²) in [5.74, 6) is 0.823. The first-order valence-electron chi connectivity index (χ1n) is 12.7. The van der Waals surface area contributed by atoms with E-state index in [1.807, 2.05) is 6.07 Å². The summed E-state index contributed by atoms with van der Waals surface area (Å²) in [4.78, 5) is 22.8. The predicted molar refractivity (Wildman–Crippen MR) is 141 cm³/mol. The Morgan fingerprint density at radius 1 is 1.16 bits per heavy atom. The van der Waals surface area contributed by atoms with Crippen molar-refractivity contribution in [2.45, 2.75) is 50.7 Å². The Morgan fingerprint density at radius 3 is 2.73 bits per heavy atom. The number of carbonyl (C=O) groups is 1. The summed E-state index contributed by atoms with van der Waals surface area (Å²) in [6, 6.07) is 8.85. The van der Waals surface area contributed by atoms with Gasteiger partial charge in [0.25, 0.3) is 0 Å². The van der Waals surface area contributed by atoms with Crippen LogP contribution in [0.5, 0.6) is 11.5 Å². The number of hydrogen-bond donors (Lipinski definition) is 2. The number of piperidine rings is 1. The fourth-order valence-electron chi connectivity index (χ4n) is 5.42. The number of amides is 1. The van der Waals surface area contributed by atoms with Gasteiger partial charge in [0.1, 0.15) is 12.1 Å². The van der Waals surface area contributed by atoms with E-state index in [1.54, 1.807) is 25.3 Å². The minimum Gasteiger partial charge on any atom is -0.493 e. The van der Waals surface area contributed by atoms with E-state index in [2.05, 4.69) is 20.2 Å². The van der Waals surface area contributed by atoms with Gasteiger partial charge in [0.15, 0.2) is 17.3 Å². The van der Waals surface area contributed by atoms with Crippen molar-refractivity contribution in [3.8, 4) is 11.5 Å². The minimum absolute atomic E-state index is 0.0272. The van der Waals surface area contributed by atoms with Crippen LogP contribution in [-0.4, -0.2) is 53.1 Å². The Bertz CT molecular complexity index is 1280. The number of nitrogens with one attached hydrogen (secondary N) is 1. The van der Waals surface area contributed by atoms with Crippen LogP contribution < -0.4 is 20.5 Å². The molecule has 2 fully saturated rings. The fraction of sp³-hybridized carbons (Fsp3) is 0.444. The highest BCUT2D eigenvalue weighted by Crippen LogP contribution is 2.38. The third-order valence-corrected chi connectivity index (χ3v) is 7.73. The lowest BCUT2D eigenvalue weighted by molar-refractivity contribution is -0.123. The molecule has 3 N–H and O–H groups in total. The molecule has 0 spiro atoms. The first kappa shape index (κ1) is 25.5. The molecule has 5 rings (SSSR count). The summed E-state index contributed by atoms with van der Waals surface area (Å²) in [7, 11) is 1.60. The van der Waals surface area contributed by atoms with Crippen LogP contribution in [-0.2, 0) is 4.79 Å². The molecule has 0 radical (unpaired) electrons. The number of fused-ring (bicyclic) bond motifs is 1. The average Bonchev–Trinajstić information content (AvgIpc) is 2.91. The molecule has 196 valence electrons. The van der Waals surface area contributed by atoms with Crippen LogP contribution >= 0.6 is 11.6 Å². The van der Waals surface area contributed by atoms with E-state index in [0.29, 0.717) is 34.3 Å². The predicted octanol–water partition coefficient (Wildman–Crippen LogP) is 5.06. The maximum atomic E-state index is 14.5. The van der Waals surface area contributed by atoms with E-state index in [9.17, 15) is 9.18 Å². The second kappa shape index (κ2) is 11.1. The lowest BCUT2D eigenvalue weighted by atomic mass is 9.88. The Labute approximate surface area is 220 Å². The number of halogens is 2. The number of methoxy groups -OCH3 is 1. The number of nitrogens with zero attached hydrogens (tertiary/aromatic N) is 3. The van der Waals surface area contributed by atoms with Gasteiger partial charge in [0.05, 0.1) is 35.4 Å². The van der Waals surface area contributed by atoms with Gasteiger partial charge >= 0.3 is 0 Å². The topological polar surface area (TPSA) is 103 Å². The summed E-state index contributed by atoms with van der Waals surface area (Å²) < 4.78 is 26.5. The molecule has 0 bridgehead atoms. The highest BCUT2D eigenvalue weighted by atomic mass is 35.5. The van der Waals surface area contributed by atoms with Crippen molar-refractivity contribution >= 4 is 39.9 Å². The molecule has 3 aromatic rings. The normalized spacial score (nSPS) is 22.5. The van der Waals surface area contributed by atoms with Gasteiger partial charge in [-0.05, 0) is 63.3 Å². The van der Waals surface area contributed by atoms with E-state index in [1.165, 1.54) is 12.4 Å². The van der Waals surface area contributed by atoms with E-state index >= 15 is 0 Å². The van der Waals surface area contributed by atoms with Gasteiger partial charge in [-0.15, -0.1) is 0 Å². The number of rotatable bonds is 7. The van der Waals surface area contributed by atoms with E-state index in [0.717, 1.165) is 51.6 Å². The molecule has 1 amide bonds. The standard InChI is InChI=1S/C27H31ClFN5O3/c1-36-23-13-22-19(27(32-15-31-22)33-21-6-2-5-20(28)25(21)29)12-24(23)37-18-9-7-17(8-10-18)34-11-3-4-16(14-34)26(30)35/h2,5-6,12-13,15-18H,3-4,7-11,14H2,1H3,(H2,30,35)(H,31,32,33)/t16-,17-,18+/m1/s1. The van der Waals surface area contributed by atoms with Crippen molar-refractivity contribution in [3.63, 3.8) is 0 Å². The Hall–Kier alpha value is -3.17. The van der Waals surface area contributed by atoms with Crippen molar-refractivity contribution in [3.05, 3.63) is 47.5 Å².